The molecule has 168 valence electrons. The molecule has 1 aliphatic rings. The number of aliphatic hydroxyl groups is 1. The number of piperazine rings is 1. The minimum Gasteiger partial charge on any atom is -0.389 e. The van der Waals surface area contributed by atoms with Gasteiger partial charge in [-0.05, 0) is 35.4 Å². The maximum atomic E-state index is 13.1. The fraction of sp³-hybridized carbons (Fsp3) is 0.333. The van der Waals surface area contributed by atoms with Crippen LogP contribution in [0.1, 0.15) is 17.0 Å². The van der Waals surface area contributed by atoms with Crippen molar-refractivity contribution in [3.8, 4) is 0 Å². The second-order valence-electron chi connectivity index (χ2n) is 8.33. The highest BCUT2D eigenvalue weighted by atomic mass is 19.1. The largest absolute Gasteiger partial charge is 0.389 e. The predicted octanol–water partition coefficient (Wildman–Crippen LogP) is 4.16. The third-order valence-electron chi connectivity index (χ3n) is 6.03. The molecule has 1 N–H and O–H groups in total. The standard InChI is InChI=1S/C27H31FN2O2/c28-24-11-13-25(14-12-24)30-17-15-29(16-18-30)19-26(31)20-32-21-27(22-7-3-1-4-8-22)23-9-5-2-6-10-23/h1-14,26-27,31H,15-21H2. The zero-order chi connectivity index (χ0) is 22.2. The van der Waals surface area contributed by atoms with Crippen LogP contribution in [0.3, 0.4) is 0 Å². The van der Waals surface area contributed by atoms with Gasteiger partial charge in [0.25, 0.3) is 0 Å². The first-order valence-electron chi connectivity index (χ1n) is 11.3. The summed E-state index contributed by atoms with van der Waals surface area (Å²) in [7, 11) is 0. The molecular formula is C27H31FN2O2. The highest BCUT2D eigenvalue weighted by Gasteiger charge is 2.20. The van der Waals surface area contributed by atoms with E-state index in [1.54, 1.807) is 0 Å². The Kier molecular flexibility index (Phi) is 7.88. The molecule has 0 amide bonds. The molecule has 5 heteroatoms. The van der Waals surface area contributed by atoms with Crippen molar-refractivity contribution in [1.29, 1.82) is 0 Å². The Morgan fingerprint density at radius 2 is 1.31 bits per heavy atom. The first kappa shape index (κ1) is 22.5. The zero-order valence-electron chi connectivity index (χ0n) is 18.3. The molecule has 0 spiro atoms. The number of halogens is 1. The number of ether oxygens (including phenoxy) is 1. The van der Waals surface area contributed by atoms with Crippen LogP contribution in [0.25, 0.3) is 0 Å². The Morgan fingerprint density at radius 3 is 1.88 bits per heavy atom. The fourth-order valence-electron chi connectivity index (χ4n) is 4.27. The third-order valence-corrected chi connectivity index (χ3v) is 6.03. The number of nitrogens with zero attached hydrogens (tertiary/aromatic N) is 2. The van der Waals surface area contributed by atoms with Crippen LogP contribution in [0.2, 0.25) is 0 Å². The van der Waals surface area contributed by atoms with Crippen molar-refractivity contribution in [2.45, 2.75) is 12.0 Å². The second-order valence-corrected chi connectivity index (χ2v) is 8.33. The SMILES string of the molecule is OC(COCC(c1ccccc1)c1ccccc1)CN1CCN(c2ccc(F)cc2)CC1. The van der Waals surface area contributed by atoms with Crippen LogP contribution in [0.4, 0.5) is 10.1 Å². The number of aliphatic hydroxyl groups excluding tert-OH is 1. The number of benzene rings is 3. The van der Waals surface area contributed by atoms with Gasteiger partial charge in [0, 0.05) is 44.3 Å². The lowest BCUT2D eigenvalue weighted by molar-refractivity contribution is 0.0136. The quantitative estimate of drug-likeness (QED) is 0.549. The van der Waals surface area contributed by atoms with E-state index < -0.39 is 6.10 Å². The number of hydrogen-bond acceptors (Lipinski definition) is 4. The van der Waals surface area contributed by atoms with Gasteiger partial charge in [-0.2, -0.15) is 0 Å². The molecule has 0 saturated carbocycles. The summed E-state index contributed by atoms with van der Waals surface area (Å²) in [6.45, 7) is 4.90. The van der Waals surface area contributed by atoms with Gasteiger partial charge >= 0.3 is 0 Å². The molecule has 4 rings (SSSR count). The summed E-state index contributed by atoms with van der Waals surface area (Å²) in [5.74, 6) is -0.0684. The summed E-state index contributed by atoms with van der Waals surface area (Å²) in [5.41, 5.74) is 3.47. The Balaban J connectivity index is 1.24. The van der Waals surface area contributed by atoms with Gasteiger partial charge < -0.3 is 14.7 Å². The fourth-order valence-corrected chi connectivity index (χ4v) is 4.27. The van der Waals surface area contributed by atoms with Crippen LogP contribution in [0.15, 0.2) is 84.9 Å². The molecule has 4 nitrogen and oxygen atoms in total. The van der Waals surface area contributed by atoms with Gasteiger partial charge in [0.2, 0.25) is 0 Å². The van der Waals surface area contributed by atoms with E-state index in [9.17, 15) is 9.50 Å². The molecular weight excluding hydrogens is 403 g/mol. The monoisotopic (exact) mass is 434 g/mol. The van der Waals surface area contributed by atoms with E-state index in [2.05, 4.69) is 34.1 Å². The van der Waals surface area contributed by atoms with Crippen molar-refractivity contribution in [1.82, 2.24) is 4.90 Å². The van der Waals surface area contributed by atoms with Gasteiger partial charge in [0.05, 0.1) is 19.3 Å². The molecule has 0 bridgehead atoms. The average molecular weight is 435 g/mol. The molecule has 3 aromatic carbocycles. The average Bonchev–Trinajstić information content (AvgIpc) is 2.84. The lowest BCUT2D eigenvalue weighted by Gasteiger charge is -2.36. The molecule has 32 heavy (non-hydrogen) atoms. The van der Waals surface area contributed by atoms with Gasteiger partial charge in [-0.1, -0.05) is 60.7 Å². The van der Waals surface area contributed by atoms with Crippen LogP contribution < -0.4 is 4.90 Å². The maximum absolute atomic E-state index is 13.1. The van der Waals surface area contributed by atoms with E-state index in [4.69, 9.17) is 4.74 Å². The molecule has 0 aromatic heterocycles. The van der Waals surface area contributed by atoms with Gasteiger partial charge in [-0.25, -0.2) is 4.39 Å². The van der Waals surface area contributed by atoms with E-state index in [1.165, 1.54) is 23.3 Å². The third kappa shape index (κ3) is 6.16. The zero-order valence-corrected chi connectivity index (χ0v) is 18.3. The maximum Gasteiger partial charge on any atom is 0.123 e. The Morgan fingerprint density at radius 1 is 0.750 bits per heavy atom. The molecule has 1 unspecified atom stereocenters. The Hall–Kier alpha value is -2.73. The van der Waals surface area contributed by atoms with Crippen molar-refractivity contribution in [3.05, 3.63) is 102 Å². The topological polar surface area (TPSA) is 35.9 Å². The van der Waals surface area contributed by atoms with Gasteiger partial charge in [0.15, 0.2) is 0 Å². The summed E-state index contributed by atoms with van der Waals surface area (Å²) in [4.78, 5) is 4.52. The van der Waals surface area contributed by atoms with Crippen LogP contribution >= 0.6 is 0 Å². The molecule has 0 aliphatic carbocycles. The molecule has 0 radical (unpaired) electrons. The van der Waals surface area contributed by atoms with Crippen molar-refractivity contribution in [2.24, 2.45) is 0 Å². The molecule has 1 atom stereocenters. The Bertz CT molecular complexity index is 889. The van der Waals surface area contributed by atoms with Crippen molar-refractivity contribution >= 4 is 5.69 Å². The van der Waals surface area contributed by atoms with Gasteiger partial charge in [0.1, 0.15) is 5.82 Å². The summed E-state index contributed by atoms with van der Waals surface area (Å²) < 4.78 is 19.1. The van der Waals surface area contributed by atoms with E-state index in [1.807, 2.05) is 48.5 Å². The van der Waals surface area contributed by atoms with E-state index >= 15 is 0 Å². The molecule has 1 fully saturated rings. The second kappa shape index (κ2) is 11.2. The lowest BCUT2D eigenvalue weighted by Crippen LogP contribution is -2.49. The van der Waals surface area contributed by atoms with Crippen LogP contribution in [-0.4, -0.2) is 62.0 Å². The number of hydrogen-bond donors (Lipinski definition) is 1. The van der Waals surface area contributed by atoms with Gasteiger partial charge in [-0.3, -0.25) is 4.90 Å². The summed E-state index contributed by atoms with van der Waals surface area (Å²) in [6, 6.07) is 27.4. The molecule has 3 aromatic rings. The molecule has 1 aliphatic heterocycles. The van der Waals surface area contributed by atoms with Gasteiger partial charge in [-0.15, -0.1) is 0 Å². The summed E-state index contributed by atoms with van der Waals surface area (Å²) in [6.07, 6.45) is -0.528. The number of anilines is 1. The molecule has 1 heterocycles. The summed E-state index contributed by atoms with van der Waals surface area (Å²) >= 11 is 0. The minimum atomic E-state index is -0.528. The smallest absolute Gasteiger partial charge is 0.123 e. The first-order valence-corrected chi connectivity index (χ1v) is 11.3. The van der Waals surface area contributed by atoms with Crippen LogP contribution in [0.5, 0.6) is 0 Å². The molecule has 1 saturated heterocycles. The van der Waals surface area contributed by atoms with Crippen LogP contribution in [0, 0.1) is 5.82 Å². The normalized spacial score (nSPS) is 15.8. The highest BCUT2D eigenvalue weighted by Crippen LogP contribution is 2.25. The van der Waals surface area contributed by atoms with Crippen molar-refractivity contribution in [2.75, 3.05) is 50.8 Å². The van der Waals surface area contributed by atoms with Crippen LogP contribution in [-0.2, 0) is 4.74 Å². The highest BCUT2D eigenvalue weighted by molar-refractivity contribution is 5.46. The minimum absolute atomic E-state index is 0.142. The lowest BCUT2D eigenvalue weighted by atomic mass is 9.92. The summed E-state index contributed by atoms with van der Waals surface area (Å²) in [5, 5.41) is 10.5. The number of rotatable bonds is 9. The number of β-amino-alcohol motifs (C(OH)–C–C–N with tert-alkyl or cyclic N) is 1. The van der Waals surface area contributed by atoms with Crippen molar-refractivity contribution < 1.29 is 14.2 Å². The van der Waals surface area contributed by atoms with Crippen molar-refractivity contribution in [3.63, 3.8) is 0 Å². The van der Waals surface area contributed by atoms with E-state index in [-0.39, 0.29) is 11.7 Å². The van der Waals surface area contributed by atoms with E-state index in [0.29, 0.717) is 19.8 Å². The van der Waals surface area contributed by atoms with E-state index in [0.717, 1.165) is 31.9 Å². The predicted molar refractivity (Wildman–Crippen MR) is 127 cm³/mol. The first-order chi connectivity index (χ1) is 15.7. The Labute approximate surface area is 189 Å².